The van der Waals surface area contributed by atoms with Gasteiger partial charge in [-0.05, 0) is 38.5 Å². The van der Waals surface area contributed by atoms with Crippen LogP contribution in [0.25, 0.3) is 0 Å². The van der Waals surface area contributed by atoms with Gasteiger partial charge in [0.1, 0.15) is 0 Å². The van der Waals surface area contributed by atoms with Gasteiger partial charge in [0, 0.05) is 12.1 Å². The molecule has 1 fully saturated rings. The zero-order valence-corrected chi connectivity index (χ0v) is 18.6. The minimum atomic E-state index is -0.101. The minimum Gasteiger partial charge on any atom is -0.335 e. The summed E-state index contributed by atoms with van der Waals surface area (Å²) in [6.07, 6.45) is 12.5. The molecular weight excluding hydrogens is 352 g/mol. The Kier molecular flexibility index (Phi) is 12.8. The van der Waals surface area contributed by atoms with E-state index in [4.69, 9.17) is 0 Å². The number of rotatable bonds is 12. The Labute approximate surface area is 172 Å². The van der Waals surface area contributed by atoms with Crippen LogP contribution < -0.4 is 21.3 Å². The molecule has 0 aromatic carbocycles. The van der Waals surface area contributed by atoms with Crippen LogP contribution in [-0.4, -0.2) is 36.2 Å². The highest BCUT2D eigenvalue weighted by molar-refractivity contribution is 5.76. The summed E-state index contributed by atoms with van der Waals surface area (Å²) in [5.74, 6) is 0. The Morgan fingerprint density at radius 1 is 0.750 bits per heavy atom. The molecule has 164 valence electrons. The summed E-state index contributed by atoms with van der Waals surface area (Å²) < 4.78 is 0. The van der Waals surface area contributed by atoms with Crippen LogP contribution in [0.5, 0.6) is 0 Å². The molecule has 4 unspecified atom stereocenters. The molecule has 4 amide bonds. The number of amides is 4. The maximum absolute atomic E-state index is 12.5. The fourth-order valence-electron chi connectivity index (χ4n) is 3.93. The molecule has 1 saturated carbocycles. The average Bonchev–Trinajstić information content (AvgIpc) is 2.69. The van der Waals surface area contributed by atoms with E-state index in [-0.39, 0.29) is 36.2 Å². The predicted octanol–water partition coefficient (Wildman–Crippen LogP) is 4.83. The summed E-state index contributed by atoms with van der Waals surface area (Å²) in [5, 5.41) is 12.5. The van der Waals surface area contributed by atoms with E-state index in [0.717, 1.165) is 77.0 Å². The molecule has 4 N–H and O–H groups in total. The second-order valence-electron chi connectivity index (χ2n) is 8.23. The van der Waals surface area contributed by atoms with Crippen LogP contribution >= 0.6 is 0 Å². The van der Waals surface area contributed by atoms with E-state index in [9.17, 15) is 9.59 Å². The largest absolute Gasteiger partial charge is 0.335 e. The fourth-order valence-corrected chi connectivity index (χ4v) is 3.93. The van der Waals surface area contributed by atoms with Gasteiger partial charge in [0.25, 0.3) is 0 Å². The summed E-state index contributed by atoms with van der Waals surface area (Å²) in [5.41, 5.74) is 0. The van der Waals surface area contributed by atoms with Gasteiger partial charge in [0.15, 0.2) is 0 Å². The van der Waals surface area contributed by atoms with Gasteiger partial charge in [-0.3, -0.25) is 0 Å². The normalized spacial score (nSPS) is 21.4. The molecule has 0 aliphatic heterocycles. The summed E-state index contributed by atoms with van der Waals surface area (Å²) in [7, 11) is 0. The van der Waals surface area contributed by atoms with Crippen molar-refractivity contribution in [2.75, 3.05) is 0 Å². The molecule has 0 saturated heterocycles. The second kappa shape index (κ2) is 14.5. The SMILES string of the molecule is CCCCC(CC)NC(=O)NC1CCCCC1NC(=O)NC(CC)CCCC. The Morgan fingerprint density at radius 3 is 1.46 bits per heavy atom. The zero-order chi connectivity index (χ0) is 20.8. The van der Waals surface area contributed by atoms with Crippen molar-refractivity contribution >= 4 is 12.1 Å². The van der Waals surface area contributed by atoms with E-state index in [1.807, 2.05) is 0 Å². The minimum absolute atomic E-state index is 0.00102. The Bertz CT molecular complexity index is 404. The lowest BCUT2D eigenvalue weighted by Crippen LogP contribution is -2.58. The van der Waals surface area contributed by atoms with Crippen molar-refractivity contribution in [3.8, 4) is 0 Å². The highest BCUT2D eigenvalue weighted by Gasteiger charge is 2.28. The lowest BCUT2D eigenvalue weighted by atomic mass is 9.90. The van der Waals surface area contributed by atoms with Crippen LogP contribution in [0.4, 0.5) is 9.59 Å². The monoisotopic (exact) mass is 396 g/mol. The van der Waals surface area contributed by atoms with Crippen molar-refractivity contribution in [3.63, 3.8) is 0 Å². The Balaban J connectivity index is 2.51. The average molecular weight is 397 g/mol. The molecule has 0 heterocycles. The van der Waals surface area contributed by atoms with Crippen molar-refractivity contribution < 1.29 is 9.59 Å². The summed E-state index contributed by atoms with van der Waals surface area (Å²) in [6, 6.07) is 0.245. The quantitative estimate of drug-likeness (QED) is 0.381. The van der Waals surface area contributed by atoms with Crippen molar-refractivity contribution in [3.05, 3.63) is 0 Å². The van der Waals surface area contributed by atoms with Crippen LogP contribution in [0, 0.1) is 0 Å². The third-order valence-corrected chi connectivity index (χ3v) is 5.87. The van der Waals surface area contributed by atoms with Gasteiger partial charge in [-0.1, -0.05) is 66.2 Å². The Morgan fingerprint density at radius 2 is 1.14 bits per heavy atom. The van der Waals surface area contributed by atoms with Gasteiger partial charge in [-0.25, -0.2) is 9.59 Å². The van der Waals surface area contributed by atoms with Gasteiger partial charge in [0.2, 0.25) is 0 Å². The first-order valence-corrected chi connectivity index (χ1v) is 11.7. The lowest BCUT2D eigenvalue weighted by molar-refractivity contribution is 0.208. The van der Waals surface area contributed by atoms with Crippen molar-refractivity contribution in [1.29, 1.82) is 0 Å². The van der Waals surface area contributed by atoms with Crippen LogP contribution in [0.3, 0.4) is 0 Å². The molecule has 28 heavy (non-hydrogen) atoms. The van der Waals surface area contributed by atoms with Gasteiger partial charge < -0.3 is 21.3 Å². The van der Waals surface area contributed by atoms with Gasteiger partial charge in [-0.15, -0.1) is 0 Å². The maximum Gasteiger partial charge on any atom is 0.315 e. The van der Waals surface area contributed by atoms with E-state index in [2.05, 4.69) is 49.0 Å². The maximum atomic E-state index is 12.5. The molecule has 6 heteroatoms. The van der Waals surface area contributed by atoms with Crippen LogP contribution in [-0.2, 0) is 0 Å². The van der Waals surface area contributed by atoms with E-state index in [0.29, 0.717) is 0 Å². The molecule has 0 aromatic rings. The molecule has 6 nitrogen and oxygen atoms in total. The van der Waals surface area contributed by atoms with E-state index in [1.54, 1.807) is 0 Å². The van der Waals surface area contributed by atoms with Crippen molar-refractivity contribution in [2.24, 2.45) is 0 Å². The standard InChI is InChI=1S/C22H44N4O2/c1-5-9-13-17(7-3)23-21(27)25-19-15-11-12-16-20(19)26-22(28)24-18(8-4)14-10-6-2/h17-20H,5-16H2,1-4H3,(H2,23,25,27)(H2,24,26,28). The molecule has 1 aliphatic carbocycles. The molecule has 1 aliphatic rings. The molecule has 0 bridgehead atoms. The third kappa shape index (κ3) is 9.65. The van der Waals surface area contributed by atoms with Gasteiger partial charge >= 0.3 is 12.1 Å². The molecule has 1 rings (SSSR count). The summed E-state index contributed by atoms with van der Waals surface area (Å²) >= 11 is 0. The number of unbranched alkanes of at least 4 members (excludes halogenated alkanes) is 2. The van der Waals surface area contributed by atoms with Crippen LogP contribution in [0.15, 0.2) is 0 Å². The Hall–Kier alpha value is -1.46. The first-order chi connectivity index (χ1) is 13.5. The van der Waals surface area contributed by atoms with Gasteiger partial charge in [0.05, 0.1) is 12.1 Å². The number of urea groups is 2. The number of nitrogens with one attached hydrogen (secondary N) is 4. The highest BCUT2D eigenvalue weighted by Crippen LogP contribution is 2.19. The smallest absolute Gasteiger partial charge is 0.315 e. The van der Waals surface area contributed by atoms with Crippen LogP contribution in [0.1, 0.15) is 105 Å². The first kappa shape index (κ1) is 24.6. The first-order valence-electron chi connectivity index (χ1n) is 11.7. The van der Waals surface area contributed by atoms with Crippen molar-refractivity contribution in [2.45, 2.75) is 129 Å². The summed E-state index contributed by atoms with van der Waals surface area (Å²) in [6.45, 7) is 8.56. The molecule has 0 radical (unpaired) electrons. The van der Waals surface area contributed by atoms with Crippen LogP contribution in [0.2, 0.25) is 0 Å². The van der Waals surface area contributed by atoms with Gasteiger partial charge in [-0.2, -0.15) is 0 Å². The molecule has 0 spiro atoms. The number of hydrogen-bond acceptors (Lipinski definition) is 2. The highest BCUT2D eigenvalue weighted by atomic mass is 16.2. The number of carbonyl (C=O) groups excluding carboxylic acids is 2. The predicted molar refractivity (Wildman–Crippen MR) is 117 cm³/mol. The topological polar surface area (TPSA) is 82.3 Å². The molecule has 4 atom stereocenters. The molecule has 0 aromatic heterocycles. The second-order valence-corrected chi connectivity index (χ2v) is 8.23. The summed E-state index contributed by atoms with van der Waals surface area (Å²) in [4.78, 5) is 24.9. The van der Waals surface area contributed by atoms with Crippen molar-refractivity contribution in [1.82, 2.24) is 21.3 Å². The fraction of sp³-hybridized carbons (Fsp3) is 0.909. The van der Waals surface area contributed by atoms with E-state index >= 15 is 0 Å². The van der Waals surface area contributed by atoms with E-state index in [1.165, 1.54) is 0 Å². The lowest BCUT2D eigenvalue weighted by Gasteiger charge is -2.33. The zero-order valence-electron chi connectivity index (χ0n) is 18.6. The number of hydrogen-bond donors (Lipinski definition) is 4. The molecular formula is C22H44N4O2. The van der Waals surface area contributed by atoms with E-state index < -0.39 is 0 Å². The third-order valence-electron chi connectivity index (χ3n) is 5.87. The number of carbonyl (C=O) groups is 2.